The molecule has 0 saturated heterocycles. The zero-order valence-electron chi connectivity index (χ0n) is 8.79. The number of halogens is 1. The van der Waals surface area contributed by atoms with E-state index in [1.165, 1.54) is 6.33 Å². The highest BCUT2D eigenvalue weighted by atomic mass is 79.9. The molecule has 0 saturated carbocycles. The highest BCUT2D eigenvalue weighted by molar-refractivity contribution is 9.10. The van der Waals surface area contributed by atoms with Gasteiger partial charge in [0.15, 0.2) is 0 Å². The zero-order valence-corrected chi connectivity index (χ0v) is 10.4. The Morgan fingerprint density at radius 2 is 2.13 bits per heavy atom. The van der Waals surface area contributed by atoms with Gasteiger partial charge in [0.2, 0.25) is 0 Å². The number of nitrogens with zero attached hydrogens (tertiary/aromatic N) is 2. The van der Waals surface area contributed by atoms with Crippen LogP contribution in [0.5, 0.6) is 0 Å². The second-order valence-corrected chi connectivity index (χ2v) is 3.94. The molecule has 0 bridgehead atoms. The van der Waals surface area contributed by atoms with Crippen molar-refractivity contribution in [2.45, 2.75) is 19.9 Å². The van der Waals surface area contributed by atoms with Gasteiger partial charge in [-0.1, -0.05) is 0 Å². The molecule has 0 spiro atoms. The second kappa shape index (κ2) is 5.87. The minimum absolute atomic E-state index is 0.0364. The molecule has 5 nitrogen and oxygen atoms in total. The molecule has 15 heavy (non-hydrogen) atoms. The van der Waals surface area contributed by atoms with Crippen LogP contribution in [0.15, 0.2) is 10.8 Å². The van der Waals surface area contributed by atoms with Gasteiger partial charge in [0.05, 0.1) is 6.61 Å². The van der Waals surface area contributed by atoms with Crippen LogP contribution in [0.3, 0.4) is 0 Å². The first-order valence-electron chi connectivity index (χ1n) is 4.80. The molecule has 0 aliphatic rings. The first kappa shape index (κ1) is 12.2. The molecule has 1 unspecified atom stereocenters. The van der Waals surface area contributed by atoms with Crippen LogP contribution >= 0.6 is 15.9 Å². The maximum atomic E-state index is 8.92. The minimum atomic E-state index is -0.0364. The fourth-order valence-electron chi connectivity index (χ4n) is 1.04. The van der Waals surface area contributed by atoms with Crippen LogP contribution in [-0.2, 0) is 0 Å². The quantitative estimate of drug-likeness (QED) is 0.759. The van der Waals surface area contributed by atoms with Gasteiger partial charge in [0.1, 0.15) is 22.4 Å². The van der Waals surface area contributed by atoms with E-state index in [0.29, 0.717) is 5.82 Å². The molecule has 0 fully saturated rings. The van der Waals surface area contributed by atoms with E-state index < -0.39 is 0 Å². The van der Waals surface area contributed by atoms with Gasteiger partial charge in [-0.05, 0) is 29.8 Å². The van der Waals surface area contributed by atoms with Crippen molar-refractivity contribution in [1.29, 1.82) is 0 Å². The average molecular weight is 275 g/mol. The minimum Gasteiger partial charge on any atom is -0.394 e. The van der Waals surface area contributed by atoms with Gasteiger partial charge in [-0.25, -0.2) is 9.97 Å². The molecule has 1 aromatic rings. The van der Waals surface area contributed by atoms with Crippen molar-refractivity contribution < 1.29 is 5.11 Å². The van der Waals surface area contributed by atoms with Gasteiger partial charge in [-0.2, -0.15) is 0 Å². The van der Waals surface area contributed by atoms with Crippen LogP contribution in [0.1, 0.15) is 13.8 Å². The van der Waals surface area contributed by atoms with Crippen LogP contribution in [-0.4, -0.2) is 34.3 Å². The molecular weight excluding hydrogens is 260 g/mol. The number of nitrogens with one attached hydrogen (secondary N) is 2. The second-order valence-electron chi connectivity index (χ2n) is 3.14. The summed E-state index contributed by atoms with van der Waals surface area (Å²) in [4.78, 5) is 8.18. The Kier molecular flexibility index (Phi) is 4.77. The molecular formula is C9H15BrN4O. The number of aliphatic hydroxyl groups excluding tert-OH is 1. The number of aromatic nitrogens is 2. The van der Waals surface area contributed by atoms with Crippen LogP contribution in [0.25, 0.3) is 0 Å². The lowest BCUT2D eigenvalue weighted by atomic mass is 10.3. The summed E-state index contributed by atoms with van der Waals surface area (Å²) in [7, 11) is 0. The molecule has 84 valence electrons. The third kappa shape index (κ3) is 3.32. The Morgan fingerprint density at radius 1 is 1.47 bits per heavy atom. The maximum Gasteiger partial charge on any atom is 0.146 e. The van der Waals surface area contributed by atoms with E-state index in [9.17, 15) is 0 Å². The Balaban J connectivity index is 2.84. The lowest BCUT2D eigenvalue weighted by molar-refractivity contribution is 0.281. The number of aliphatic hydroxyl groups is 1. The first-order valence-corrected chi connectivity index (χ1v) is 5.60. The summed E-state index contributed by atoms with van der Waals surface area (Å²) in [5.41, 5.74) is 0. The third-order valence-corrected chi connectivity index (χ3v) is 2.54. The standard InChI is InChI=1S/C9H15BrN4O/c1-3-11-8-7(10)9(13-5-12-8)14-6(2)4-15/h5-6,15H,3-4H2,1-2H3,(H2,11,12,13,14). The van der Waals surface area contributed by atoms with Gasteiger partial charge in [-0.15, -0.1) is 0 Å². The molecule has 3 N–H and O–H groups in total. The lowest BCUT2D eigenvalue weighted by Gasteiger charge is -2.14. The summed E-state index contributed by atoms with van der Waals surface area (Å²) in [6.07, 6.45) is 1.48. The fraction of sp³-hybridized carbons (Fsp3) is 0.556. The molecule has 0 radical (unpaired) electrons. The van der Waals surface area contributed by atoms with Gasteiger partial charge in [0, 0.05) is 12.6 Å². The van der Waals surface area contributed by atoms with Crippen molar-refractivity contribution in [3.05, 3.63) is 10.8 Å². The third-order valence-electron chi connectivity index (χ3n) is 1.79. The molecule has 0 aliphatic carbocycles. The average Bonchev–Trinajstić information content (AvgIpc) is 2.24. The SMILES string of the molecule is CCNc1ncnc(NC(C)CO)c1Br. The van der Waals surface area contributed by atoms with Gasteiger partial charge >= 0.3 is 0 Å². The van der Waals surface area contributed by atoms with Crippen LogP contribution in [0, 0.1) is 0 Å². The van der Waals surface area contributed by atoms with Crippen molar-refractivity contribution >= 4 is 27.6 Å². The van der Waals surface area contributed by atoms with E-state index in [1.54, 1.807) is 0 Å². The molecule has 6 heteroatoms. The topological polar surface area (TPSA) is 70.1 Å². The molecule has 1 heterocycles. The van der Waals surface area contributed by atoms with Crippen molar-refractivity contribution in [2.24, 2.45) is 0 Å². The number of anilines is 2. The summed E-state index contributed by atoms with van der Waals surface area (Å²) < 4.78 is 0.784. The molecule has 0 amide bonds. The summed E-state index contributed by atoms with van der Waals surface area (Å²) in [6, 6.07) is -0.0364. The predicted molar refractivity (Wildman–Crippen MR) is 64.1 cm³/mol. The summed E-state index contributed by atoms with van der Waals surface area (Å²) >= 11 is 3.41. The first-order chi connectivity index (χ1) is 7.19. The number of hydrogen-bond donors (Lipinski definition) is 3. The van der Waals surface area contributed by atoms with Crippen LogP contribution in [0.4, 0.5) is 11.6 Å². The fourth-order valence-corrected chi connectivity index (χ4v) is 1.50. The summed E-state index contributed by atoms with van der Waals surface area (Å²) in [5, 5.41) is 15.1. The molecule has 1 aromatic heterocycles. The van der Waals surface area contributed by atoms with E-state index in [0.717, 1.165) is 16.8 Å². The largest absolute Gasteiger partial charge is 0.394 e. The Bertz CT molecular complexity index is 321. The smallest absolute Gasteiger partial charge is 0.146 e. The van der Waals surface area contributed by atoms with E-state index in [1.807, 2.05) is 13.8 Å². The van der Waals surface area contributed by atoms with E-state index in [-0.39, 0.29) is 12.6 Å². The maximum absolute atomic E-state index is 8.92. The molecule has 1 rings (SSSR count). The Morgan fingerprint density at radius 3 is 2.73 bits per heavy atom. The normalized spacial score (nSPS) is 12.3. The summed E-state index contributed by atoms with van der Waals surface area (Å²) in [5.74, 6) is 1.43. The molecule has 1 atom stereocenters. The highest BCUT2D eigenvalue weighted by Crippen LogP contribution is 2.26. The van der Waals surface area contributed by atoms with Crippen LogP contribution < -0.4 is 10.6 Å². The summed E-state index contributed by atoms with van der Waals surface area (Å²) in [6.45, 7) is 4.73. The van der Waals surface area contributed by atoms with Gasteiger partial charge in [0.25, 0.3) is 0 Å². The van der Waals surface area contributed by atoms with E-state index in [4.69, 9.17) is 5.11 Å². The molecule has 0 aromatic carbocycles. The number of rotatable bonds is 5. The van der Waals surface area contributed by atoms with E-state index in [2.05, 4.69) is 36.5 Å². The van der Waals surface area contributed by atoms with Gasteiger partial charge < -0.3 is 15.7 Å². The van der Waals surface area contributed by atoms with Crippen molar-refractivity contribution in [3.8, 4) is 0 Å². The predicted octanol–water partition coefficient (Wildman–Crippen LogP) is 1.46. The van der Waals surface area contributed by atoms with E-state index >= 15 is 0 Å². The van der Waals surface area contributed by atoms with Crippen molar-refractivity contribution in [1.82, 2.24) is 9.97 Å². The van der Waals surface area contributed by atoms with Gasteiger partial charge in [-0.3, -0.25) is 0 Å². The van der Waals surface area contributed by atoms with Crippen LogP contribution in [0.2, 0.25) is 0 Å². The number of hydrogen-bond acceptors (Lipinski definition) is 5. The van der Waals surface area contributed by atoms with Crippen molar-refractivity contribution in [3.63, 3.8) is 0 Å². The van der Waals surface area contributed by atoms with Crippen molar-refractivity contribution in [2.75, 3.05) is 23.8 Å². The Hall–Kier alpha value is -0.880. The lowest BCUT2D eigenvalue weighted by Crippen LogP contribution is -2.20. The Labute approximate surface area is 97.5 Å². The monoisotopic (exact) mass is 274 g/mol. The molecule has 0 aliphatic heterocycles. The zero-order chi connectivity index (χ0) is 11.3. The highest BCUT2D eigenvalue weighted by Gasteiger charge is 2.09.